The van der Waals surface area contributed by atoms with E-state index in [4.69, 9.17) is 0 Å². The molecule has 0 saturated carbocycles. The minimum atomic E-state index is 1.22. The summed E-state index contributed by atoms with van der Waals surface area (Å²) in [4.78, 5) is 2.13. The lowest BCUT2D eigenvalue weighted by atomic mass is 9.92. The molecule has 0 bridgehead atoms. The minimum absolute atomic E-state index is 1.22. The summed E-state index contributed by atoms with van der Waals surface area (Å²) < 4.78 is 0. The molecule has 4 aromatic rings. The van der Waals surface area contributed by atoms with Gasteiger partial charge in [0.2, 0.25) is 0 Å². The fourth-order valence-electron chi connectivity index (χ4n) is 3.25. The van der Waals surface area contributed by atoms with Gasteiger partial charge in [0, 0.05) is 12.1 Å². The molecule has 0 saturated heterocycles. The topological polar surface area (TPSA) is 5.90 Å². The third-order valence-corrected chi connectivity index (χ3v) is 4.44. The fourth-order valence-corrected chi connectivity index (χ4v) is 3.25. The van der Waals surface area contributed by atoms with E-state index in [0.29, 0.717) is 0 Å². The third-order valence-electron chi connectivity index (χ3n) is 4.44. The predicted molar refractivity (Wildman–Crippen MR) is 101 cm³/mol. The predicted octanol–water partition coefficient (Wildman–Crippen LogP) is 5.69. The first kappa shape index (κ1) is 14.0. The normalized spacial score (nSPS) is 11.4. The van der Waals surface area contributed by atoms with Crippen LogP contribution in [-0.4, -0.2) is 14.1 Å². The summed E-state index contributed by atoms with van der Waals surface area (Å²) in [7, 11) is 4.14. The zero-order chi connectivity index (χ0) is 15.8. The molecule has 0 fully saturated rings. The van der Waals surface area contributed by atoms with Crippen LogP contribution in [0.2, 0.25) is 0 Å². The summed E-state index contributed by atoms with van der Waals surface area (Å²) >= 11 is 0. The molecular weight excluding hydrogens is 278 g/mol. The van der Waals surface area contributed by atoms with Crippen LogP contribution in [0.1, 0.15) is 0 Å². The fraction of sp³-hybridized carbons (Fsp3) is 0.0909. The number of anilines is 1. The highest BCUT2D eigenvalue weighted by atomic mass is 15.1. The number of fused-ring (bicyclic) bond motifs is 2. The highest BCUT2D eigenvalue weighted by Crippen LogP contribution is 2.36. The molecule has 0 unspecified atom stereocenters. The van der Waals surface area contributed by atoms with Crippen molar-refractivity contribution in [1.29, 1.82) is 0 Å². The van der Waals surface area contributed by atoms with Crippen molar-refractivity contribution in [2.75, 3.05) is 14.1 Å². The maximum atomic E-state index is 2.28. The monoisotopic (exact) mass is 297 g/mol. The van der Waals surface area contributed by atoms with E-state index in [1.54, 1.807) is 0 Å². The molecule has 0 amide bonds. The van der Waals surface area contributed by atoms with Gasteiger partial charge in [0.05, 0.1) is 0 Å². The van der Waals surface area contributed by atoms with Gasteiger partial charge in [0.25, 0.3) is 0 Å². The number of nitrogens with zero attached hydrogens (tertiary/aromatic N) is 1. The van der Waals surface area contributed by atoms with E-state index in [0.717, 1.165) is 0 Å². The Morgan fingerprint density at radius 1 is 0.609 bits per heavy atom. The van der Waals surface area contributed by atoms with Crippen LogP contribution < -0.4 is 4.90 Å². The summed E-state index contributed by atoms with van der Waals surface area (Å²) in [5, 5.41) is 5.20. The largest absolute Gasteiger partial charge is 0.180 e. The summed E-state index contributed by atoms with van der Waals surface area (Å²) in [6.07, 6.45) is 0. The van der Waals surface area contributed by atoms with E-state index in [-0.39, 0.29) is 0 Å². The van der Waals surface area contributed by atoms with Crippen LogP contribution in [0, 0.1) is 0 Å². The van der Waals surface area contributed by atoms with E-state index in [9.17, 15) is 0 Å². The van der Waals surface area contributed by atoms with E-state index in [2.05, 4.69) is 97.9 Å². The SMILES string of the molecule is C[N+](C)c1ccc(-c2c3ccccc3cc3ccccc23)cc1. The average molecular weight is 297 g/mol. The molecule has 0 aromatic heterocycles. The van der Waals surface area contributed by atoms with Gasteiger partial charge >= 0.3 is 0 Å². The number of rotatable bonds is 2. The third kappa shape index (κ3) is 2.39. The summed E-state index contributed by atoms with van der Waals surface area (Å²) in [5.74, 6) is 0. The zero-order valence-electron chi connectivity index (χ0n) is 13.5. The molecule has 0 aliphatic heterocycles. The first-order chi connectivity index (χ1) is 11.2. The van der Waals surface area contributed by atoms with Gasteiger partial charge in [-0.2, -0.15) is 0 Å². The smallest absolute Gasteiger partial charge is 0.140 e. The molecule has 111 valence electrons. The van der Waals surface area contributed by atoms with Crippen molar-refractivity contribution in [1.82, 2.24) is 4.90 Å². The Bertz CT molecular complexity index is 928. The van der Waals surface area contributed by atoms with Crippen LogP contribution in [0.15, 0.2) is 78.9 Å². The molecule has 0 N–H and O–H groups in total. The molecule has 4 rings (SSSR count). The Hall–Kier alpha value is -2.64. The standard InChI is InChI=1S/C22H19N/c1-23(2)19-13-11-16(12-14-19)22-20-9-5-3-7-17(20)15-18-8-4-6-10-21(18)22/h3-15H,1-2H3/q+1. The molecule has 0 aliphatic rings. The highest BCUT2D eigenvalue weighted by molar-refractivity contribution is 6.12. The molecule has 1 heteroatoms. The minimum Gasteiger partial charge on any atom is -0.140 e. The highest BCUT2D eigenvalue weighted by Gasteiger charge is 2.11. The maximum Gasteiger partial charge on any atom is 0.180 e. The number of hydrogen-bond donors (Lipinski definition) is 0. The zero-order valence-corrected chi connectivity index (χ0v) is 13.5. The summed E-state index contributed by atoms with van der Waals surface area (Å²) in [6.45, 7) is 0. The molecule has 0 spiro atoms. The quantitative estimate of drug-likeness (QED) is 0.331. The lowest BCUT2D eigenvalue weighted by molar-refractivity contribution is 0.763. The van der Waals surface area contributed by atoms with E-state index < -0.39 is 0 Å². The van der Waals surface area contributed by atoms with Gasteiger partial charge in [-0.1, -0.05) is 48.5 Å². The summed E-state index contributed by atoms with van der Waals surface area (Å²) in [6, 6.07) is 28.4. The van der Waals surface area contributed by atoms with Crippen molar-refractivity contribution >= 4 is 27.2 Å². The van der Waals surface area contributed by atoms with Gasteiger partial charge in [0.1, 0.15) is 14.1 Å². The second-order valence-corrected chi connectivity index (χ2v) is 6.14. The van der Waals surface area contributed by atoms with Crippen LogP contribution in [0.5, 0.6) is 0 Å². The molecule has 4 aromatic carbocycles. The van der Waals surface area contributed by atoms with Gasteiger partial charge in [-0.05, 0) is 50.9 Å². The van der Waals surface area contributed by atoms with Crippen LogP contribution in [0.3, 0.4) is 0 Å². The van der Waals surface area contributed by atoms with Crippen LogP contribution >= 0.6 is 0 Å². The lowest BCUT2D eigenvalue weighted by Crippen LogP contribution is -2.09. The van der Waals surface area contributed by atoms with Crippen molar-refractivity contribution in [3.05, 3.63) is 78.9 Å². The number of hydrogen-bond acceptors (Lipinski definition) is 1. The van der Waals surface area contributed by atoms with Crippen molar-refractivity contribution in [3.63, 3.8) is 0 Å². The first-order valence-corrected chi connectivity index (χ1v) is 7.92. The Morgan fingerprint density at radius 3 is 1.65 bits per heavy atom. The van der Waals surface area contributed by atoms with Crippen LogP contribution in [0.4, 0.5) is 5.69 Å². The molecule has 0 atom stereocenters. The van der Waals surface area contributed by atoms with Gasteiger partial charge in [-0.25, -0.2) is 0 Å². The molecular formula is C22H19N+. The molecule has 0 heterocycles. The Labute approximate surface area is 136 Å². The molecule has 1 radical (unpaired) electrons. The second-order valence-electron chi connectivity index (χ2n) is 6.14. The van der Waals surface area contributed by atoms with Crippen molar-refractivity contribution in [3.8, 4) is 11.1 Å². The van der Waals surface area contributed by atoms with E-state index in [1.807, 2.05) is 0 Å². The van der Waals surface area contributed by atoms with Crippen LogP contribution in [-0.2, 0) is 0 Å². The molecule has 23 heavy (non-hydrogen) atoms. The maximum absolute atomic E-state index is 2.28. The van der Waals surface area contributed by atoms with Crippen molar-refractivity contribution in [2.45, 2.75) is 0 Å². The second kappa shape index (κ2) is 5.53. The van der Waals surface area contributed by atoms with Gasteiger partial charge in [0.15, 0.2) is 5.69 Å². The van der Waals surface area contributed by atoms with Gasteiger partial charge < -0.3 is 0 Å². The van der Waals surface area contributed by atoms with Crippen molar-refractivity contribution in [2.24, 2.45) is 0 Å². The molecule has 0 aliphatic carbocycles. The molecule has 1 nitrogen and oxygen atoms in total. The van der Waals surface area contributed by atoms with E-state index >= 15 is 0 Å². The lowest BCUT2D eigenvalue weighted by Gasteiger charge is -2.12. The van der Waals surface area contributed by atoms with Gasteiger partial charge in [-0.15, -0.1) is 4.90 Å². The average Bonchev–Trinajstić information content (AvgIpc) is 2.59. The number of benzene rings is 4. The summed E-state index contributed by atoms with van der Waals surface area (Å²) in [5.41, 5.74) is 3.81. The Morgan fingerprint density at radius 2 is 1.13 bits per heavy atom. The Kier molecular flexibility index (Phi) is 3.36. The van der Waals surface area contributed by atoms with Crippen molar-refractivity contribution < 1.29 is 0 Å². The Balaban J connectivity index is 2.06. The van der Waals surface area contributed by atoms with Crippen LogP contribution in [0.25, 0.3) is 32.7 Å². The first-order valence-electron chi connectivity index (χ1n) is 7.92. The van der Waals surface area contributed by atoms with Gasteiger partial charge in [-0.3, -0.25) is 0 Å². The van der Waals surface area contributed by atoms with E-state index in [1.165, 1.54) is 38.4 Å².